The number of esters is 1. The van der Waals surface area contributed by atoms with Gasteiger partial charge >= 0.3 is 11.9 Å². The number of hydrogen-bond acceptors (Lipinski definition) is 8. The highest BCUT2D eigenvalue weighted by Gasteiger charge is 2.40. The predicted octanol–water partition coefficient (Wildman–Crippen LogP) is 8.11. The van der Waals surface area contributed by atoms with Crippen molar-refractivity contribution in [3.05, 3.63) is 112 Å². The molecule has 0 saturated heterocycles. The lowest BCUT2D eigenvalue weighted by atomic mass is 10.1. The van der Waals surface area contributed by atoms with Gasteiger partial charge in [-0.15, -0.1) is 11.8 Å². The van der Waals surface area contributed by atoms with Crippen molar-refractivity contribution in [1.82, 2.24) is 4.90 Å². The number of anilines is 3. The summed E-state index contributed by atoms with van der Waals surface area (Å²) in [6, 6.07) is 25.5. The summed E-state index contributed by atoms with van der Waals surface area (Å²) in [7, 11) is 5.54. The molecule has 0 unspecified atom stereocenters. The lowest BCUT2D eigenvalue weighted by Crippen LogP contribution is -2.45. The lowest BCUT2D eigenvalue weighted by Gasteiger charge is -2.28. The number of amides is 1. The Balaban J connectivity index is 0.000000237. The highest BCUT2D eigenvalue weighted by Crippen LogP contribution is 2.47. The molecular weight excluding hydrogens is 673 g/mol. The number of carboxylic acids is 1. The minimum absolute atomic E-state index is 0.163. The van der Waals surface area contributed by atoms with E-state index in [0.717, 1.165) is 27.5 Å². The van der Waals surface area contributed by atoms with Gasteiger partial charge in [0.15, 0.2) is 6.10 Å². The normalized spacial score (nSPS) is 15.5. The molecule has 1 aliphatic heterocycles. The average molecular weight is 711 g/mol. The Morgan fingerprint density at radius 3 is 2.29 bits per heavy atom. The number of fused-ring (bicyclic) bond motifs is 1. The van der Waals surface area contributed by atoms with E-state index in [1.807, 2.05) is 74.4 Å². The van der Waals surface area contributed by atoms with Gasteiger partial charge in [-0.1, -0.05) is 65.7 Å². The Hall–Kier alpha value is -4.22. The minimum atomic E-state index is -1.01. The second kappa shape index (κ2) is 16.7. The molecule has 0 saturated carbocycles. The molecule has 0 radical (unpaired) electrons. The van der Waals surface area contributed by atoms with E-state index in [1.54, 1.807) is 54.1 Å². The molecule has 12 heteroatoms. The summed E-state index contributed by atoms with van der Waals surface area (Å²) >= 11 is 13.8. The number of hydrogen-bond donors (Lipinski definition) is 2. The molecule has 1 amide bonds. The third-order valence-electron chi connectivity index (χ3n) is 7.40. The summed E-state index contributed by atoms with van der Waals surface area (Å²) < 4.78 is 10.8. The van der Waals surface area contributed by atoms with Crippen LogP contribution in [0.2, 0.25) is 10.0 Å². The van der Waals surface area contributed by atoms with Crippen LogP contribution in [0.5, 0.6) is 5.75 Å². The number of nitrogens with zero attached hydrogens (tertiary/aromatic N) is 2. The maximum Gasteiger partial charge on any atom is 0.337 e. The molecule has 48 heavy (non-hydrogen) atoms. The molecule has 4 aromatic rings. The number of aryl methyl sites for hydroxylation is 1. The fourth-order valence-corrected chi connectivity index (χ4v) is 6.71. The van der Waals surface area contributed by atoms with E-state index in [9.17, 15) is 14.4 Å². The molecule has 0 fully saturated rings. The van der Waals surface area contributed by atoms with Crippen LogP contribution in [-0.2, 0) is 14.3 Å². The summed E-state index contributed by atoms with van der Waals surface area (Å²) in [4.78, 5) is 41.3. The molecule has 0 aromatic heterocycles. The average Bonchev–Trinajstić information content (AvgIpc) is 3.18. The fraction of sp³-hybridized carbons (Fsp3) is 0.250. The Bertz CT molecular complexity index is 1770. The van der Waals surface area contributed by atoms with Gasteiger partial charge in [0, 0.05) is 24.9 Å². The molecule has 252 valence electrons. The molecule has 0 aliphatic carbocycles. The molecule has 0 bridgehead atoms. The van der Waals surface area contributed by atoms with Crippen LogP contribution in [0.3, 0.4) is 0 Å². The molecule has 9 nitrogen and oxygen atoms in total. The van der Waals surface area contributed by atoms with Crippen LogP contribution in [0.15, 0.2) is 89.8 Å². The SMILES string of the molecule is COc1ccc([C@H]2Sc3ccccc3N(CCN(C)C)C(=O)[C@H]2OC(C)=O)cc1.Cc1ccc(Cl)c(Nc2ccccc2C(=O)O)c1Cl. The van der Waals surface area contributed by atoms with Crippen molar-refractivity contribution in [2.75, 3.05) is 44.5 Å². The summed E-state index contributed by atoms with van der Waals surface area (Å²) in [5.74, 6) is -0.958. The summed E-state index contributed by atoms with van der Waals surface area (Å²) in [6.07, 6.45) is -0.916. The van der Waals surface area contributed by atoms with Crippen LogP contribution in [-0.4, -0.2) is 68.3 Å². The molecular formula is C36H37Cl2N3O6S. The van der Waals surface area contributed by atoms with Crippen molar-refractivity contribution < 1.29 is 29.0 Å². The van der Waals surface area contributed by atoms with E-state index in [0.29, 0.717) is 34.5 Å². The van der Waals surface area contributed by atoms with Crippen LogP contribution in [0.1, 0.15) is 33.7 Å². The standard InChI is InChI=1S/C22H26N2O4S.C14H11Cl2NO2/c1-15(25)28-20-21(16-9-11-17(27-4)12-10-16)29-19-8-6-5-7-18(19)24(22(20)26)14-13-23(2)3;1-8-6-7-10(15)13(12(8)16)17-11-5-3-2-4-9(11)14(18)19/h5-12,20-21H,13-14H2,1-4H3;2-7,17H,1H3,(H,18,19)/t20-,21+;/m0./s1. The molecule has 2 N–H and O–H groups in total. The first kappa shape index (κ1) is 36.6. The van der Waals surface area contributed by atoms with Gasteiger partial charge in [-0.3, -0.25) is 9.59 Å². The lowest BCUT2D eigenvalue weighted by molar-refractivity contribution is -0.152. The van der Waals surface area contributed by atoms with Crippen LogP contribution in [0.4, 0.5) is 17.1 Å². The smallest absolute Gasteiger partial charge is 0.337 e. The fourth-order valence-electron chi connectivity index (χ4n) is 4.92. The summed E-state index contributed by atoms with van der Waals surface area (Å²) in [5, 5.41) is 12.7. The van der Waals surface area contributed by atoms with E-state index in [2.05, 4.69) is 5.32 Å². The first-order valence-electron chi connectivity index (χ1n) is 15.0. The Kier molecular flexibility index (Phi) is 12.8. The van der Waals surface area contributed by atoms with Gasteiger partial charge in [-0.2, -0.15) is 0 Å². The number of ether oxygens (including phenoxy) is 2. The van der Waals surface area contributed by atoms with E-state index in [1.165, 1.54) is 13.0 Å². The van der Waals surface area contributed by atoms with Crippen LogP contribution >= 0.6 is 35.0 Å². The predicted molar refractivity (Wildman–Crippen MR) is 192 cm³/mol. The third kappa shape index (κ3) is 9.02. The second-order valence-electron chi connectivity index (χ2n) is 11.1. The number of aromatic carboxylic acids is 1. The Morgan fingerprint density at radius 1 is 0.979 bits per heavy atom. The molecule has 2 atom stereocenters. The quantitative estimate of drug-likeness (QED) is 0.167. The molecule has 5 rings (SSSR count). The maximum atomic E-state index is 13.6. The topological polar surface area (TPSA) is 108 Å². The third-order valence-corrected chi connectivity index (χ3v) is 9.58. The highest BCUT2D eigenvalue weighted by molar-refractivity contribution is 7.99. The Morgan fingerprint density at radius 2 is 1.65 bits per heavy atom. The number of carbonyl (C=O) groups excluding carboxylic acids is 2. The van der Waals surface area contributed by atoms with Crippen molar-refractivity contribution in [1.29, 1.82) is 0 Å². The van der Waals surface area contributed by atoms with E-state index in [4.69, 9.17) is 37.8 Å². The zero-order valence-electron chi connectivity index (χ0n) is 27.2. The zero-order valence-corrected chi connectivity index (χ0v) is 29.5. The number of thioether (sulfide) groups is 1. The van der Waals surface area contributed by atoms with E-state index < -0.39 is 18.0 Å². The van der Waals surface area contributed by atoms with Gasteiger partial charge in [-0.05, 0) is 74.6 Å². The molecule has 4 aromatic carbocycles. The van der Waals surface area contributed by atoms with Crippen LogP contribution in [0.25, 0.3) is 0 Å². The summed E-state index contributed by atoms with van der Waals surface area (Å²) in [5.41, 5.74) is 3.73. The van der Waals surface area contributed by atoms with Gasteiger partial charge in [0.05, 0.1) is 45.0 Å². The number of halogens is 2. The van der Waals surface area contributed by atoms with Gasteiger partial charge in [0.1, 0.15) is 5.75 Å². The van der Waals surface area contributed by atoms with Gasteiger partial charge < -0.3 is 29.7 Å². The molecule has 0 spiro atoms. The van der Waals surface area contributed by atoms with Gasteiger partial charge in [-0.25, -0.2) is 4.79 Å². The van der Waals surface area contributed by atoms with Crippen LogP contribution in [0, 0.1) is 6.92 Å². The first-order chi connectivity index (χ1) is 22.9. The zero-order chi connectivity index (χ0) is 35.0. The number of carboxylic acid groups (broad SMARTS) is 1. The Labute approximate surface area is 294 Å². The monoisotopic (exact) mass is 709 g/mol. The maximum absolute atomic E-state index is 13.6. The number of benzene rings is 4. The van der Waals surface area contributed by atoms with E-state index >= 15 is 0 Å². The molecule has 1 aliphatic rings. The van der Waals surface area contributed by atoms with Gasteiger partial charge in [0.25, 0.3) is 5.91 Å². The van der Waals surface area contributed by atoms with Crippen LogP contribution < -0.4 is 15.0 Å². The first-order valence-corrected chi connectivity index (χ1v) is 16.6. The van der Waals surface area contributed by atoms with Crippen molar-refractivity contribution in [3.8, 4) is 5.75 Å². The minimum Gasteiger partial charge on any atom is -0.497 e. The van der Waals surface area contributed by atoms with Crippen molar-refractivity contribution in [3.63, 3.8) is 0 Å². The van der Waals surface area contributed by atoms with Crippen molar-refractivity contribution in [2.45, 2.75) is 30.1 Å². The van der Waals surface area contributed by atoms with Crippen molar-refractivity contribution >= 4 is 69.9 Å². The number of carbonyl (C=O) groups is 3. The van der Waals surface area contributed by atoms with Gasteiger partial charge in [0.2, 0.25) is 0 Å². The largest absolute Gasteiger partial charge is 0.497 e. The van der Waals surface area contributed by atoms with E-state index in [-0.39, 0.29) is 16.7 Å². The second-order valence-corrected chi connectivity index (χ2v) is 13.1. The number of likely N-dealkylation sites (N-methyl/N-ethyl adjacent to an activating group) is 1. The number of rotatable bonds is 9. The number of methoxy groups -OCH3 is 1. The number of para-hydroxylation sites is 2. The number of nitrogens with one attached hydrogen (secondary N) is 1. The summed E-state index contributed by atoms with van der Waals surface area (Å²) in [6.45, 7) is 4.40. The highest BCUT2D eigenvalue weighted by atomic mass is 35.5. The van der Waals surface area contributed by atoms with Crippen molar-refractivity contribution in [2.24, 2.45) is 0 Å². The molecule has 1 heterocycles.